The molecule has 1 aliphatic carbocycles. The van der Waals surface area contributed by atoms with Gasteiger partial charge in [0, 0.05) is 27.7 Å². The lowest BCUT2D eigenvalue weighted by Gasteiger charge is -2.08. The highest BCUT2D eigenvalue weighted by molar-refractivity contribution is 9.10. The number of halogens is 1. The van der Waals surface area contributed by atoms with E-state index in [0.717, 1.165) is 59.4 Å². The van der Waals surface area contributed by atoms with Gasteiger partial charge in [-0.3, -0.25) is 4.99 Å². The van der Waals surface area contributed by atoms with E-state index in [9.17, 15) is 0 Å². The number of rotatable bonds is 4. The van der Waals surface area contributed by atoms with Crippen molar-refractivity contribution in [2.75, 3.05) is 13.2 Å². The molecule has 1 aliphatic heterocycles. The molecular weight excluding hydrogens is 398 g/mol. The summed E-state index contributed by atoms with van der Waals surface area (Å²) in [5.41, 5.74) is 3.54. The topological polar surface area (TPSA) is 38.9 Å². The summed E-state index contributed by atoms with van der Waals surface area (Å²) in [5, 5.41) is 7.13. The molecule has 1 saturated heterocycles. The zero-order chi connectivity index (χ0) is 17.1. The summed E-state index contributed by atoms with van der Waals surface area (Å²) in [7, 11) is 0. The van der Waals surface area contributed by atoms with E-state index in [1.165, 1.54) is 18.6 Å². The number of ether oxygens (including phenoxy) is 1. The second-order valence-electron chi connectivity index (χ2n) is 6.54. The summed E-state index contributed by atoms with van der Waals surface area (Å²) in [6, 6.07) is 8.30. The fourth-order valence-corrected chi connectivity index (χ4v) is 4.67. The summed E-state index contributed by atoms with van der Waals surface area (Å²) in [5.74, 6) is 0. The van der Waals surface area contributed by atoms with Crippen LogP contribution >= 0.6 is 27.3 Å². The van der Waals surface area contributed by atoms with E-state index >= 15 is 0 Å². The molecule has 0 N–H and O–H groups in total. The Hall–Kier alpha value is -1.24. The Kier molecular flexibility index (Phi) is 5.48. The molecule has 0 bridgehead atoms. The molecule has 0 unspecified atom stereocenters. The zero-order valence-electron chi connectivity index (χ0n) is 14.2. The van der Waals surface area contributed by atoms with Crippen LogP contribution in [0.5, 0.6) is 0 Å². The predicted molar refractivity (Wildman–Crippen MR) is 106 cm³/mol. The third kappa shape index (κ3) is 3.96. The maximum atomic E-state index is 5.72. The van der Waals surface area contributed by atoms with Gasteiger partial charge in [0.25, 0.3) is 0 Å². The smallest absolute Gasteiger partial charge is 0.206 e. The normalized spacial score (nSPS) is 21.2. The molecule has 1 aromatic heterocycles. The molecule has 4 nitrogen and oxygen atoms in total. The number of thiazole rings is 1. The summed E-state index contributed by atoms with van der Waals surface area (Å²) < 4.78 is 8.84. The third-order valence-corrected chi connectivity index (χ3v) is 6.26. The lowest BCUT2D eigenvalue weighted by molar-refractivity contribution is 0.117. The lowest BCUT2D eigenvalue weighted by atomic mass is 10.2. The van der Waals surface area contributed by atoms with Crippen molar-refractivity contribution in [2.24, 2.45) is 10.1 Å². The number of nitrogens with zero attached hydrogens (tertiary/aromatic N) is 3. The fraction of sp³-hybridized carbons (Fsp3) is 0.474. The maximum Gasteiger partial charge on any atom is 0.206 e. The second kappa shape index (κ2) is 7.98. The summed E-state index contributed by atoms with van der Waals surface area (Å²) in [6.45, 7) is 1.59. The highest BCUT2D eigenvalue weighted by Crippen LogP contribution is 2.29. The van der Waals surface area contributed by atoms with Crippen LogP contribution < -0.4 is 4.80 Å². The van der Waals surface area contributed by atoms with E-state index in [-0.39, 0.29) is 6.10 Å². The van der Waals surface area contributed by atoms with E-state index in [0.29, 0.717) is 0 Å². The molecule has 2 aromatic rings. The number of benzene rings is 1. The summed E-state index contributed by atoms with van der Waals surface area (Å²) >= 11 is 5.33. The Morgan fingerprint density at radius 2 is 2.04 bits per heavy atom. The average Bonchev–Trinajstić information content (AvgIpc) is 3.37. The molecule has 132 valence electrons. The van der Waals surface area contributed by atoms with Crippen LogP contribution in [0.2, 0.25) is 0 Å². The molecule has 1 saturated carbocycles. The van der Waals surface area contributed by atoms with Crippen molar-refractivity contribution in [2.45, 2.75) is 44.6 Å². The van der Waals surface area contributed by atoms with E-state index < -0.39 is 0 Å². The quantitative estimate of drug-likeness (QED) is 0.698. The molecule has 6 heteroatoms. The van der Waals surface area contributed by atoms with Crippen molar-refractivity contribution >= 4 is 33.0 Å². The molecular formula is C19H22BrN3OS. The van der Waals surface area contributed by atoms with Crippen LogP contribution in [0.4, 0.5) is 0 Å². The third-order valence-electron chi connectivity index (χ3n) is 4.71. The monoisotopic (exact) mass is 419 g/mol. The van der Waals surface area contributed by atoms with Gasteiger partial charge in [-0.1, -0.05) is 34.1 Å². The second-order valence-corrected chi connectivity index (χ2v) is 8.24. The van der Waals surface area contributed by atoms with Gasteiger partial charge in [-0.15, -0.1) is 11.3 Å². The molecule has 25 heavy (non-hydrogen) atoms. The molecule has 2 heterocycles. The van der Waals surface area contributed by atoms with E-state index in [2.05, 4.69) is 39.5 Å². The highest BCUT2D eigenvalue weighted by atomic mass is 79.9. The Bertz CT molecular complexity index is 825. The Morgan fingerprint density at radius 1 is 1.20 bits per heavy atom. The number of aromatic nitrogens is 1. The van der Waals surface area contributed by atoms with Gasteiger partial charge in [0.15, 0.2) is 0 Å². The minimum atomic E-state index is 0.265. The maximum absolute atomic E-state index is 5.72. The Balaban J connectivity index is 1.75. The van der Waals surface area contributed by atoms with Crippen LogP contribution in [-0.2, 0) is 4.74 Å². The first kappa shape index (κ1) is 17.2. The lowest BCUT2D eigenvalue weighted by Crippen LogP contribution is -2.18. The molecule has 4 rings (SSSR count). The van der Waals surface area contributed by atoms with Gasteiger partial charge in [-0.2, -0.15) is 5.10 Å². The minimum absolute atomic E-state index is 0.265. The molecule has 0 amide bonds. The van der Waals surface area contributed by atoms with Crippen molar-refractivity contribution < 1.29 is 4.74 Å². The first-order valence-corrected chi connectivity index (χ1v) is 10.6. The number of hydrogen-bond donors (Lipinski definition) is 0. The molecule has 0 spiro atoms. The van der Waals surface area contributed by atoms with E-state index in [1.807, 2.05) is 10.7 Å². The van der Waals surface area contributed by atoms with Gasteiger partial charge < -0.3 is 4.74 Å². The van der Waals surface area contributed by atoms with Gasteiger partial charge in [0.05, 0.1) is 18.3 Å². The van der Waals surface area contributed by atoms with Crippen molar-refractivity contribution in [1.29, 1.82) is 0 Å². The van der Waals surface area contributed by atoms with Crippen molar-refractivity contribution in [3.63, 3.8) is 0 Å². The molecule has 0 radical (unpaired) electrons. The SMILES string of the molecule is Brc1ccccc1-c1csc(=NC[C@@H]2CCCO2)n1N=C1CCCC1. The largest absolute Gasteiger partial charge is 0.376 e. The molecule has 1 aromatic carbocycles. The van der Waals surface area contributed by atoms with Crippen LogP contribution in [0.15, 0.2) is 44.2 Å². The Morgan fingerprint density at radius 3 is 2.80 bits per heavy atom. The van der Waals surface area contributed by atoms with Crippen LogP contribution in [-0.4, -0.2) is 29.6 Å². The number of hydrogen-bond acceptors (Lipinski definition) is 4. The Labute approximate surface area is 160 Å². The van der Waals surface area contributed by atoms with Crippen LogP contribution in [0.1, 0.15) is 38.5 Å². The van der Waals surface area contributed by atoms with Gasteiger partial charge in [-0.25, -0.2) is 4.68 Å². The highest BCUT2D eigenvalue weighted by Gasteiger charge is 2.16. The van der Waals surface area contributed by atoms with E-state index in [1.54, 1.807) is 11.3 Å². The minimum Gasteiger partial charge on any atom is -0.376 e. The van der Waals surface area contributed by atoms with Crippen molar-refractivity contribution in [3.05, 3.63) is 38.9 Å². The molecule has 1 atom stereocenters. The van der Waals surface area contributed by atoms with Crippen LogP contribution in [0.3, 0.4) is 0 Å². The average molecular weight is 420 g/mol. The van der Waals surface area contributed by atoms with Crippen LogP contribution in [0, 0.1) is 0 Å². The molecule has 2 aliphatic rings. The van der Waals surface area contributed by atoms with Gasteiger partial charge >= 0.3 is 0 Å². The van der Waals surface area contributed by atoms with Gasteiger partial charge in [0.1, 0.15) is 0 Å². The first-order valence-electron chi connectivity index (χ1n) is 8.95. The fourth-order valence-electron chi connectivity index (χ4n) is 3.35. The van der Waals surface area contributed by atoms with Gasteiger partial charge in [0.2, 0.25) is 4.80 Å². The van der Waals surface area contributed by atoms with Crippen molar-refractivity contribution in [1.82, 2.24) is 4.68 Å². The first-order chi connectivity index (χ1) is 12.3. The van der Waals surface area contributed by atoms with Gasteiger partial charge in [-0.05, 0) is 44.6 Å². The summed E-state index contributed by atoms with van der Waals surface area (Å²) in [6.07, 6.45) is 7.22. The standard InChI is InChI=1S/C19H22BrN3OS/c20-17-10-4-3-9-16(17)18-13-25-19(21-12-15-8-5-11-24-15)23(18)22-14-6-1-2-7-14/h3-4,9-10,13,15H,1-2,5-8,11-12H2/t15-/m0/s1. The van der Waals surface area contributed by atoms with Crippen molar-refractivity contribution in [3.8, 4) is 11.3 Å². The van der Waals surface area contributed by atoms with E-state index in [4.69, 9.17) is 14.8 Å². The molecule has 2 fully saturated rings. The van der Waals surface area contributed by atoms with Crippen LogP contribution in [0.25, 0.3) is 11.3 Å². The summed E-state index contributed by atoms with van der Waals surface area (Å²) in [4.78, 5) is 5.80. The zero-order valence-corrected chi connectivity index (χ0v) is 16.6. The predicted octanol–water partition coefficient (Wildman–Crippen LogP) is 4.84.